The van der Waals surface area contributed by atoms with E-state index >= 15 is 0 Å². The van der Waals surface area contributed by atoms with Gasteiger partial charge in [-0.25, -0.2) is 13.1 Å². The molecule has 0 aromatic heterocycles. The van der Waals surface area contributed by atoms with Crippen LogP contribution in [0.5, 0.6) is 0 Å². The molecule has 0 amide bonds. The average Bonchev–Trinajstić information content (AvgIpc) is 2.62. The number of aliphatic hydroxyl groups excluding tert-OH is 1. The fourth-order valence-electron chi connectivity index (χ4n) is 2.96. The summed E-state index contributed by atoms with van der Waals surface area (Å²) < 4.78 is 26.6. The maximum absolute atomic E-state index is 12.0. The van der Waals surface area contributed by atoms with E-state index in [0.29, 0.717) is 6.42 Å². The summed E-state index contributed by atoms with van der Waals surface area (Å²) in [4.78, 5) is 0. The minimum Gasteiger partial charge on any atom is -0.387 e. The predicted molar refractivity (Wildman–Crippen MR) is 110 cm³/mol. The number of hydrogen-bond acceptors (Lipinski definition) is 3. The molecule has 5 heteroatoms. The van der Waals surface area contributed by atoms with Gasteiger partial charge in [-0.05, 0) is 18.9 Å². The highest BCUT2D eigenvalue weighted by Crippen LogP contribution is 2.14. The van der Waals surface area contributed by atoms with Gasteiger partial charge in [-0.2, -0.15) is 0 Å². The van der Waals surface area contributed by atoms with E-state index in [0.717, 1.165) is 24.0 Å². The Balaban J connectivity index is 2.09. The second-order valence-corrected chi connectivity index (χ2v) is 9.20. The maximum Gasteiger partial charge on any atom is 0.211 e. The minimum absolute atomic E-state index is 0.0309. The van der Waals surface area contributed by atoms with Crippen molar-refractivity contribution in [3.8, 4) is 0 Å². The molecule has 1 aromatic carbocycles. The lowest BCUT2D eigenvalue weighted by molar-refractivity contribution is 0.182. The SMILES string of the molecule is CCCCCCCCCCCCS(=O)(=O)NCC(O)c1ccc(C)cc1. The Kier molecular flexibility index (Phi) is 11.8. The summed E-state index contributed by atoms with van der Waals surface area (Å²) in [7, 11) is -3.31. The Hall–Kier alpha value is -0.910. The monoisotopic (exact) mass is 383 g/mol. The largest absolute Gasteiger partial charge is 0.387 e. The molecular formula is C21H37NO3S. The van der Waals surface area contributed by atoms with Crippen molar-refractivity contribution in [3.63, 3.8) is 0 Å². The fraction of sp³-hybridized carbons (Fsp3) is 0.714. The Morgan fingerprint density at radius 1 is 0.885 bits per heavy atom. The van der Waals surface area contributed by atoms with E-state index in [4.69, 9.17) is 0 Å². The first kappa shape index (κ1) is 23.1. The molecule has 0 aliphatic carbocycles. The number of hydrogen-bond donors (Lipinski definition) is 2. The molecule has 1 atom stereocenters. The van der Waals surface area contributed by atoms with Crippen LogP contribution >= 0.6 is 0 Å². The van der Waals surface area contributed by atoms with Crippen LogP contribution < -0.4 is 4.72 Å². The van der Waals surface area contributed by atoms with E-state index in [-0.39, 0.29) is 12.3 Å². The van der Waals surface area contributed by atoms with Gasteiger partial charge in [0.25, 0.3) is 0 Å². The summed E-state index contributed by atoms with van der Waals surface area (Å²) in [5.74, 6) is 0.143. The number of aliphatic hydroxyl groups is 1. The first-order chi connectivity index (χ1) is 12.4. The van der Waals surface area contributed by atoms with E-state index in [9.17, 15) is 13.5 Å². The number of benzene rings is 1. The van der Waals surface area contributed by atoms with Gasteiger partial charge in [0.05, 0.1) is 11.9 Å². The molecule has 0 spiro atoms. The topological polar surface area (TPSA) is 66.4 Å². The van der Waals surface area contributed by atoms with Gasteiger partial charge >= 0.3 is 0 Å². The summed E-state index contributed by atoms with van der Waals surface area (Å²) in [6.45, 7) is 4.24. The zero-order valence-electron chi connectivity index (χ0n) is 16.5. The number of nitrogens with one attached hydrogen (secondary N) is 1. The minimum atomic E-state index is -3.31. The van der Waals surface area contributed by atoms with Crippen molar-refractivity contribution in [1.29, 1.82) is 0 Å². The molecule has 0 aliphatic rings. The summed E-state index contributed by atoms with van der Waals surface area (Å²) in [6.07, 6.45) is 11.0. The van der Waals surface area contributed by atoms with Crippen LogP contribution in [0.15, 0.2) is 24.3 Å². The molecule has 4 nitrogen and oxygen atoms in total. The lowest BCUT2D eigenvalue weighted by Crippen LogP contribution is -2.30. The summed E-state index contributed by atoms with van der Waals surface area (Å²) in [5.41, 5.74) is 1.85. The molecule has 0 fully saturated rings. The van der Waals surface area contributed by atoms with Gasteiger partial charge in [0.15, 0.2) is 0 Å². The van der Waals surface area contributed by atoms with Crippen molar-refractivity contribution >= 4 is 10.0 Å². The first-order valence-electron chi connectivity index (χ1n) is 10.2. The molecule has 0 heterocycles. The molecule has 0 radical (unpaired) electrons. The molecule has 0 saturated heterocycles. The van der Waals surface area contributed by atoms with Crippen LogP contribution in [-0.4, -0.2) is 25.8 Å². The van der Waals surface area contributed by atoms with Crippen molar-refractivity contribution in [2.24, 2.45) is 0 Å². The van der Waals surface area contributed by atoms with Crippen molar-refractivity contribution in [2.45, 2.75) is 84.2 Å². The number of aryl methyl sites for hydroxylation is 1. The van der Waals surface area contributed by atoms with Crippen LogP contribution in [0, 0.1) is 6.92 Å². The van der Waals surface area contributed by atoms with Gasteiger partial charge in [-0.3, -0.25) is 0 Å². The van der Waals surface area contributed by atoms with Crippen LogP contribution in [-0.2, 0) is 10.0 Å². The van der Waals surface area contributed by atoms with E-state index in [1.54, 1.807) is 0 Å². The maximum atomic E-state index is 12.0. The molecule has 0 bridgehead atoms. The van der Waals surface area contributed by atoms with Gasteiger partial charge < -0.3 is 5.11 Å². The smallest absolute Gasteiger partial charge is 0.211 e. The zero-order chi connectivity index (χ0) is 19.3. The van der Waals surface area contributed by atoms with E-state index in [1.807, 2.05) is 31.2 Å². The van der Waals surface area contributed by atoms with Gasteiger partial charge in [-0.1, -0.05) is 94.5 Å². The summed E-state index contributed by atoms with van der Waals surface area (Å²) >= 11 is 0. The van der Waals surface area contributed by atoms with Crippen molar-refractivity contribution in [2.75, 3.05) is 12.3 Å². The van der Waals surface area contributed by atoms with Gasteiger partial charge in [-0.15, -0.1) is 0 Å². The lowest BCUT2D eigenvalue weighted by Gasteiger charge is -2.13. The highest BCUT2D eigenvalue weighted by atomic mass is 32.2. The molecule has 1 unspecified atom stereocenters. The quantitative estimate of drug-likeness (QED) is 0.425. The Labute approximate surface area is 160 Å². The molecule has 0 saturated carbocycles. The Morgan fingerprint density at radius 3 is 1.92 bits per heavy atom. The Bertz CT molecular complexity index is 569. The summed E-state index contributed by atoms with van der Waals surface area (Å²) in [6, 6.07) is 7.49. The van der Waals surface area contributed by atoms with E-state index in [1.165, 1.54) is 44.9 Å². The van der Waals surface area contributed by atoms with E-state index in [2.05, 4.69) is 11.6 Å². The normalized spacial score (nSPS) is 13.0. The highest BCUT2D eigenvalue weighted by molar-refractivity contribution is 7.89. The standard InChI is InChI=1S/C21H37NO3S/c1-3-4-5-6-7-8-9-10-11-12-17-26(24,25)22-18-21(23)20-15-13-19(2)14-16-20/h13-16,21-23H,3-12,17-18H2,1-2H3. The third kappa shape index (κ3) is 10.9. The second kappa shape index (κ2) is 13.3. The Morgan fingerprint density at radius 2 is 1.38 bits per heavy atom. The van der Waals surface area contributed by atoms with E-state index < -0.39 is 16.1 Å². The van der Waals surface area contributed by atoms with Crippen molar-refractivity contribution < 1.29 is 13.5 Å². The van der Waals surface area contributed by atoms with Crippen LogP contribution in [0.1, 0.15) is 88.4 Å². The van der Waals surface area contributed by atoms with Gasteiger partial charge in [0.1, 0.15) is 0 Å². The zero-order valence-corrected chi connectivity index (χ0v) is 17.4. The number of rotatable bonds is 15. The third-order valence-corrected chi connectivity index (χ3v) is 6.16. The predicted octanol–water partition coefficient (Wildman–Crippen LogP) is 4.87. The van der Waals surface area contributed by atoms with Crippen LogP contribution in [0.2, 0.25) is 0 Å². The van der Waals surface area contributed by atoms with Gasteiger partial charge in [0.2, 0.25) is 10.0 Å². The molecule has 1 aromatic rings. The van der Waals surface area contributed by atoms with Crippen molar-refractivity contribution in [3.05, 3.63) is 35.4 Å². The second-order valence-electron chi connectivity index (χ2n) is 7.28. The number of sulfonamides is 1. The lowest BCUT2D eigenvalue weighted by atomic mass is 10.1. The number of unbranched alkanes of at least 4 members (excludes halogenated alkanes) is 9. The molecular weight excluding hydrogens is 346 g/mol. The van der Waals surface area contributed by atoms with Crippen molar-refractivity contribution in [1.82, 2.24) is 4.72 Å². The fourth-order valence-corrected chi connectivity index (χ4v) is 4.10. The molecule has 0 aliphatic heterocycles. The third-order valence-electron chi connectivity index (χ3n) is 4.73. The molecule has 26 heavy (non-hydrogen) atoms. The highest BCUT2D eigenvalue weighted by Gasteiger charge is 2.14. The van der Waals surface area contributed by atoms with Crippen LogP contribution in [0.4, 0.5) is 0 Å². The van der Waals surface area contributed by atoms with Gasteiger partial charge in [0, 0.05) is 6.54 Å². The van der Waals surface area contributed by atoms with Crippen LogP contribution in [0.25, 0.3) is 0 Å². The van der Waals surface area contributed by atoms with Crippen LogP contribution in [0.3, 0.4) is 0 Å². The molecule has 1 rings (SSSR count). The first-order valence-corrected chi connectivity index (χ1v) is 11.8. The molecule has 2 N–H and O–H groups in total. The summed E-state index contributed by atoms with van der Waals surface area (Å²) in [5, 5.41) is 10.1. The average molecular weight is 384 g/mol. The molecule has 150 valence electrons.